The lowest BCUT2D eigenvalue weighted by atomic mass is 9.98. The number of piperidine rings is 1. The smallest absolute Gasteiger partial charge is 0.410 e. The van der Waals surface area contributed by atoms with Crippen molar-refractivity contribution in [3.8, 4) is 0 Å². The molecule has 2 heterocycles. The van der Waals surface area contributed by atoms with Gasteiger partial charge in [-0.3, -0.25) is 9.79 Å². The van der Waals surface area contributed by atoms with E-state index in [1.165, 1.54) is 0 Å². The van der Waals surface area contributed by atoms with Crippen LogP contribution < -0.4 is 16.0 Å². The molecule has 0 saturated carbocycles. The Morgan fingerprint density at radius 2 is 1.73 bits per heavy atom. The van der Waals surface area contributed by atoms with Gasteiger partial charge in [-0.25, -0.2) is 4.79 Å². The van der Waals surface area contributed by atoms with E-state index < -0.39 is 5.60 Å². The van der Waals surface area contributed by atoms with Crippen molar-refractivity contribution in [1.29, 1.82) is 0 Å². The molecular formula is C21H40IN5O3. The molecule has 2 unspecified atom stereocenters. The first-order valence-corrected chi connectivity index (χ1v) is 10.9. The summed E-state index contributed by atoms with van der Waals surface area (Å²) in [5.41, 5.74) is -0.471. The number of carbonyl (C=O) groups is 2. The summed E-state index contributed by atoms with van der Waals surface area (Å²) in [6.07, 6.45) is 3.65. The molecule has 30 heavy (non-hydrogen) atoms. The molecule has 2 amide bonds. The fourth-order valence-corrected chi connectivity index (χ4v) is 3.97. The average molecular weight is 537 g/mol. The fourth-order valence-electron chi connectivity index (χ4n) is 3.97. The van der Waals surface area contributed by atoms with E-state index >= 15 is 0 Å². The highest BCUT2D eigenvalue weighted by Crippen LogP contribution is 2.36. The van der Waals surface area contributed by atoms with Crippen LogP contribution in [0.25, 0.3) is 0 Å². The average Bonchev–Trinajstić information content (AvgIpc) is 2.88. The Bertz CT molecular complexity index is 592. The third-order valence-electron chi connectivity index (χ3n) is 5.23. The van der Waals surface area contributed by atoms with Gasteiger partial charge in [0.2, 0.25) is 5.91 Å². The lowest BCUT2D eigenvalue weighted by Crippen LogP contribution is -2.55. The van der Waals surface area contributed by atoms with Crippen LogP contribution in [0.2, 0.25) is 0 Å². The van der Waals surface area contributed by atoms with E-state index in [1.807, 2.05) is 46.4 Å². The summed E-state index contributed by atoms with van der Waals surface area (Å²) in [5.74, 6) is 0.793. The molecule has 2 rings (SSSR count). The topological polar surface area (TPSA) is 95.1 Å². The highest BCUT2D eigenvalue weighted by molar-refractivity contribution is 14.0. The van der Waals surface area contributed by atoms with Crippen LogP contribution in [0.1, 0.15) is 67.2 Å². The normalized spacial score (nSPS) is 23.6. The van der Waals surface area contributed by atoms with Gasteiger partial charge < -0.3 is 25.6 Å². The Morgan fingerprint density at radius 1 is 1.13 bits per heavy atom. The van der Waals surface area contributed by atoms with Crippen LogP contribution in [0.15, 0.2) is 4.99 Å². The number of hydrogen-bond acceptors (Lipinski definition) is 4. The maximum atomic E-state index is 12.6. The zero-order valence-electron chi connectivity index (χ0n) is 19.3. The summed E-state index contributed by atoms with van der Waals surface area (Å²) < 4.78 is 5.61. The number of ether oxygens (including phenoxy) is 1. The Hall–Kier alpha value is -1.26. The predicted octanol–water partition coefficient (Wildman–Crippen LogP) is 2.86. The highest BCUT2D eigenvalue weighted by Gasteiger charge is 2.45. The van der Waals surface area contributed by atoms with Gasteiger partial charge in [0.25, 0.3) is 0 Å². The number of aliphatic imine (C=N–C) groups is 1. The van der Waals surface area contributed by atoms with Crippen molar-refractivity contribution < 1.29 is 14.3 Å². The predicted molar refractivity (Wildman–Crippen MR) is 130 cm³/mol. The van der Waals surface area contributed by atoms with Gasteiger partial charge >= 0.3 is 6.09 Å². The van der Waals surface area contributed by atoms with Crippen molar-refractivity contribution in [3.05, 3.63) is 0 Å². The van der Waals surface area contributed by atoms with E-state index in [9.17, 15) is 9.59 Å². The number of nitrogens with one attached hydrogen (secondary N) is 3. The summed E-state index contributed by atoms with van der Waals surface area (Å²) in [4.78, 5) is 30.8. The Morgan fingerprint density at radius 3 is 2.23 bits per heavy atom. The molecule has 0 aliphatic carbocycles. The molecule has 2 aliphatic heterocycles. The molecule has 2 saturated heterocycles. The standard InChI is InChI=1S/C21H39N5O3.HI/c1-7-22-19(24-11-10-23-18(27)14(2)3)25-15-12-16-8-9-17(13-15)26(16)20(28)29-21(4,5)6;/h14-17H,7-13H2,1-6H3,(H,23,27)(H2,22,24,25);1H. The summed E-state index contributed by atoms with van der Waals surface area (Å²) in [6, 6.07) is 0.706. The molecule has 2 bridgehead atoms. The molecule has 9 heteroatoms. The number of nitrogens with zero attached hydrogens (tertiary/aromatic N) is 2. The highest BCUT2D eigenvalue weighted by atomic mass is 127. The third-order valence-corrected chi connectivity index (χ3v) is 5.23. The van der Waals surface area contributed by atoms with Crippen LogP contribution >= 0.6 is 24.0 Å². The third kappa shape index (κ3) is 8.11. The first-order chi connectivity index (χ1) is 13.6. The molecular weight excluding hydrogens is 497 g/mol. The largest absolute Gasteiger partial charge is 0.444 e. The second-order valence-corrected chi connectivity index (χ2v) is 9.29. The van der Waals surface area contributed by atoms with Crippen molar-refractivity contribution in [2.45, 2.75) is 91.0 Å². The number of halogens is 1. The summed E-state index contributed by atoms with van der Waals surface area (Å²) in [7, 11) is 0. The maximum absolute atomic E-state index is 12.6. The van der Waals surface area contributed by atoms with Crippen LogP contribution in [-0.4, -0.2) is 66.2 Å². The zero-order valence-corrected chi connectivity index (χ0v) is 21.6. The van der Waals surface area contributed by atoms with Crippen molar-refractivity contribution >= 4 is 41.9 Å². The molecule has 0 aromatic heterocycles. The van der Waals surface area contributed by atoms with Gasteiger partial charge in [0.05, 0.1) is 6.54 Å². The van der Waals surface area contributed by atoms with Gasteiger partial charge in [-0.1, -0.05) is 13.8 Å². The van der Waals surface area contributed by atoms with Crippen molar-refractivity contribution in [2.75, 3.05) is 19.6 Å². The van der Waals surface area contributed by atoms with Gasteiger partial charge in [-0.15, -0.1) is 24.0 Å². The number of carbonyl (C=O) groups excluding carboxylic acids is 2. The van der Waals surface area contributed by atoms with E-state index in [1.54, 1.807) is 0 Å². The number of hydrogen-bond donors (Lipinski definition) is 3. The van der Waals surface area contributed by atoms with Gasteiger partial charge in [-0.2, -0.15) is 0 Å². The molecule has 0 radical (unpaired) electrons. The summed E-state index contributed by atoms with van der Waals surface area (Å²) in [6.45, 7) is 13.3. The van der Waals surface area contributed by atoms with E-state index in [2.05, 4.69) is 20.9 Å². The molecule has 0 aromatic rings. The van der Waals surface area contributed by atoms with Crippen molar-refractivity contribution in [1.82, 2.24) is 20.9 Å². The monoisotopic (exact) mass is 537 g/mol. The molecule has 3 N–H and O–H groups in total. The Kier molecular flexibility index (Phi) is 10.7. The van der Waals surface area contributed by atoms with Gasteiger partial charge in [0, 0.05) is 37.1 Å². The summed E-state index contributed by atoms with van der Waals surface area (Å²) >= 11 is 0. The fraction of sp³-hybridized carbons (Fsp3) is 0.857. The maximum Gasteiger partial charge on any atom is 0.410 e. The number of rotatable bonds is 6. The lowest BCUT2D eigenvalue weighted by Gasteiger charge is -2.40. The van der Waals surface area contributed by atoms with Crippen LogP contribution in [0.5, 0.6) is 0 Å². The van der Waals surface area contributed by atoms with Crippen LogP contribution in [0, 0.1) is 5.92 Å². The van der Waals surface area contributed by atoms with Gasteiger partial charge in [0.1, 0.15) is 5.60 Å². The molecule has 8 nitrogen and oxygen atoms in total. The minimum atomic E-state index is -0.471. The SMILES string of the molecule is CCNC(=NCCNC(=O)C(C)C)NC1CC2CCC(C1)N2C(=O)OC(C)(C)C.I. The van der Waals surface area contributed by atoms with Crippen molar-refractivity contribution in [2.24, 2.45) is 10.9 Å². The van der Waals surface area contributed by atoms with E-state index in [0.29, 0.717) is 13.1 Å². The van der Waals surface area contributed by atoms with Crippen molar-refractivity contribution in [3.63, 3.8) is 0 Å². The minimum Gasteiger partial charge on any atom is -0.444 e. The molecule has 2 aliphatic rings. The molecule has 2 fully saturated rings. The second-order valence-electron chi connectivity index (χ2n) is 9.29. The molecule has 174 valence electrons. The first-order valence-electron chi connectivity index (χ1n) is 10.9. The number of amides is 2. The summed E-state index contributed by atoms with van der Waals surface area (Å²) in [5, 5.41) is 9.69. The van der Waals surface area contributed by atoms with E-state index in [0.717, 1.165) is 38.2 Å². The number of fused-ring (bicyclic) bond motifs is 2. The quantitative estimate of drug-likeness (QED) is 0.210. The van der Waals surface area contributed by atoms with Gasteiger partial charge in [-0.05, 0) is 53.4 Å². The van der Waals surface area contributed by atoms with Crippen LogP contribution in [0.4, 0.5) is 4.79 Å². The zero-order chi connectivity index (χ0) is 21.6. The van der Waals surface area contributed by atoms with E-state index in [-0.39, 0.29) is 60.0 Å². The van der Waals surface area contributed by atoms with Crippen LogP contribution in [0.3, 0.4) is 0 Å². The van der Waals surface area contributed by atoms with E-state index in [4.69, 9.17) is 4.74 Å². The molecule has 2 atom stereocenters. The Balaban J connectivity index is 0.00000450. The molecule has 0 spiro atoms. The van der Waals surface area contributed by atoms with Gasteiger partial charge in [0.15, 0.2) is 5.96 Å². The second kappa shape index (κ2) is 12.0. The molecule has 0 aromatic carbocycles. The minimum absolute atomic E-state index is 0. The Labute approximate surface area is 198 Å². The lowest BCUT2D eigenvalue weighted by molar-refractivity contribution is -0.123. The first kappa shape index (κ1) is 26.8. The number of guanidine groups is 1. The van der Waals surface area contributed by atoms with Crippen LogP contribution in [-0.2, 0) is 9.53 Å².